The summed E-state index contributed by atoms with van der Waals surface area (Å²) in [6, 6.07) is 14.2. The minimum Gasteiger partial charge on any atom is -0.633 e. The maximum atomic E-state index is 13.1. The van der Waals surface area contributed by atoms with Crippen molar-refractivity contribution >= 4 is 41.2 Å². The molecule has 4 aromatic rings. The number of quaternary nitrogens is 1. The number of morpholine rings is 1. The van der Waals surface area contributed by atoms with Crippen LogP contribution in [0.1, 0.15) is 42.6 Å². The molecule has 1 aliphatic rings. The fourth-order valence-corrected chi connectivity index (χ4v) is 5.01. The van der Waals surface area contributed by atoms with Crippen molar-refractivity contribution in [2.75, 3.05) is 57.1 Å². The number of anilines is 2. The van der Waals surface area contributed by atoms with Crippen LogP contribution < -0.4 is 20.7 Å². The van der Waals surface area contributed by atoms with Crippen LogP contribution in [-0.2, 0) is 18.8 Å². The molecule has 3 amide bonds. The molecule has 5 rings (SSSR count). The van der Waals surface area contributed by atoms with E-state index in [4.69, 9.17) is 9.47 Å². The fourth-order valence-electron chi connectivity index (χ4n) is 5.01. The predicted molar refractivity (Wildman–Crippen MR) is 174 cm³/mol. The minimum atomic E-state index is -0.416. The third kappa shape index (κ3) is 8.07. The Morgan fingerprint density at radius 1 is 0.913 bits per heavy atom. The number of methoxy groups -OCH3 is 1. The molecule has 0 radical (unpaired) electrons. The van der Waals surface area contributed by atoms with Crippen LogP contribution in [-0.4, -0.2) is 83.0 Å². The Hall–Kier alpha value is -5.24. The van der Waals surface area contributed by atoms with E-state index in [1.807, 2.05) is 36.4 Å². The number of carbonyl (C=O) groups excluding carboxylic acids is 3. The molecule has 0 aliphatic carbocycles. The number of rotatable bonds is 11. The van der Waals surface area contributed by atoms with Gasteiger partial charge in [-0.15, -0.1) is 0 Å². The lowest BCUT2D eigenvalue weighted by atomic mass is 10.1. The third-order valence-electron chi connectivity index (χ3n) is 7.69. The number of hydrogen-bond acceptors (Lipinski definition) is 7. The molecule has 46 heavy (non-hydrogen) atoms. The first kappa shape index (κ1) is 32.2. The van der Waals surface area contributed by atoms with E-state index >= 15 is 0 Å². The van der Waals surface area contributed by atoms with Crippen molar-refractivity contribution in [2.24, 2.45) is 14.1 Å². The number of pyridine rings is 1. The number of ether oxygens (including phenoxy) is 2. The lowest BCUT2D eigenvalue weighted by molar-refractivity contribution is -0.887. The molecule has 0 bridgehead atoms. The van der Waals surface area contributed by atoms with E-state index in [9.17, 15) is 19.6 Å². The molecule has 0 spiro atoms. The molecule has 0 unspecified atom stereocenters. The van der Waals surface area contributed by atoms with Crippen LogP contribution in [0, 0.1) is 5.21 Å². The number of hydrogen-bond donors (Lipinski definition) is 3. The highest BCUT2D eigenvalue weighted by atomic mass is 16.6. The van der Waals surface area contributed by atoms with Crippen molar-refractivity contribution in [3.63, 3.8) is 0 Å². The Labute approximate surface area is 266 Å². The molecule has 240 valence electrons. The molecule has 13 heteroatoms. The Kier molecular flexibility index (Phi) is 9.96. The van der Waals surface area contributed by atoms with Crippen molar-refractivity contribution in [3.05, 3.63) is 101 Å². The van der Waals surface area contributed by atoms with Gasteiger partial charge in [-0.05, 0) is 48.0 Å². The van der Waals surface area contributed by atoms with E-state index < -0.39 is 5.91 Å². The van der Waals surface area contributed by atoms with Crippen LogP contribution >= 0.6 is 0 Å². The lowest BCUT2D eigenvalue weighted by Crippen LogP contribution is -2.53. The van der Waals surface area contributed by atoms with Crippen LogP contribution in [0.2, 0.25) is 0 Å². The van der Waals surface area contributed by atoms with E-state index in [0.717, 1.165) is 11.3 Å². The summed E-state index contributed by atoms with van der Waals surface area (Å²) in [5.74, 6) is -0.350. The molecule has 1 aromatic carbocycles. The van der Waals surface area contributed by atoms with Gasteiger partial charge in [0.25, 0.3) is 17.7 Å². The first-order valence-electron chi connectivity index (χ1n) is 14.8. The van der Waals surface area contributed by atoms with E-state index in [1.165, 1.54) is 6.20 Å². The monoisotopic (exact) mass is 627 g/mol. The quantitative estimate of drug-likeness (QED) is 0.170. The van der Waals surface area contributed by atoms with Crippen LogP contribution in [0.3, 0.4) is 0 Å². The van der Waals surface area contributed by atoms with Crippen LogP contribution in [0.4, 0.5) is 11.4 Å². The second kappa shape index (κ2) is 14.2. The highest BCUT2D eigenvalue weighted by Gasteiger charge is 2.22. The Balaban J connectivity index is 1.14. The summed E-state index contributed by atoms with van der Waals surface area (Å²) in [7, 11) is 5.01. The molecule has 3 aromatic heterocycles. The first-order chi connectivity index (χ1) is 22.1. The van der Waals surface area contributed by atoms with Crippen molar-refractivity contribution in [3.8, 4) is 5.75 Å². The standard InChI is InChI=1S/C33H37N7O6/c1-38-22-27(18-29(38)32(42)34-12-13-40(44)14-16-46-17-15-40)37-33(43)30-19-26(21-39(30)2)36-31(41)24-7-9-25(35-20-24)8-4-23-5-10-28(45-3)11-6-23/h4-11,18-22H,12-17H2,1-3H3,(H,34,42)(H,36,41)(H,37,43)/b8-4+. The first-order valence-corrected chi connectivity index (χ1v) is 14.8. The summed E-state index contributed by atoms with van der Waals surface area (Å²) in [6.45, 7) is 2.08. The lowest BCUT2D eigenvalue weighted by Gasteiger charge is -2.45. The van der Waals surface area contributed by atoms with Gasteiger partial charge in [0.1, 0.15) is 30.2 Å². The summed E-state index contributed by atoms with van der Waals surface area (Å²) in [6.07, 6.45) is 8.53. The van der Waals surface area contributed by atoms with E-state index in [-0.39, 0.29) is 29.6 Å². The molecule has 4 heterocycles. The molecule has 1 saturated heterocycles. The number of amides is 3. The largest absolute Gasteiger partial charge is 0.633 e. The van der Waals surface area contributed by atoms with Crippen molar-refractivity contribution in [1.29, 1.82) is 0 Å². The Morgan fingerprint density at radius 2 is 1.54 bits per heavy atom. The fraction of sp³-hybridized carbons (Fsp3) is 0.273. The number of nitrogens with one attached hydrogen (secondary N) is 3. The minimum absolute atomic E-state index is 0.231. The van der Waals surface area contributed by atoms with Gasteiger partial charge in [-0.1, -0.05) is 18.2 Å². The zero-order valence-corrected chi connectivity index (χ0v) is 26.0. The van der Waals surface area contributed by atoms with Gasteiger partial charge in [-0.25, -0.2) is 0 Å². The van der Waals surface area contributed by atoms with Gasteiger partial charge >= 0.3 is 0 Å². The van der Waals surface area contributed by atoms with Gasteiger partial charge in [-0.3, -0.25) is 19.4 Å². The number of nitrogens with zero attached hydrogens (tertiary/aromatic N) is 4. The van der Waals surface area contributed by atoms with Crippen molar-refractivity contribution in [1.82, 2.24) is 19.4 Å². The molecular weight excluding hydrogens is 590 g/mol. The van der Waals surface area contributed by atoms with Crippen LogP contribution in [0.25, 0.3) is 12.2 Å². The van der Waals surface area contributed by atoms with Crippen molar-refractivity contribution < 1.29 is 28.5 Å². The summed E-state index contributed by atoms with van der Waals surface area (Å²) in [5, 5.41) is 21.0. The number of benzene rings is 1. The molecular formula is C33H37N7O6. The summed E-state index contributed by atoms with van der Waals surface area (Å²) >= 11 is 0. The predicted octanol–water partition coefficient (Wildman–Crippen LogP) is 3.52. The van der Waals surface area contributed by atoms with Crippen molar-refractivity contribution in [2.45, 2.75) is 0 Å². The highest BCUT2D eigenvalue weighted by molar-refractivity contribution is 6.07. The number of aryl methyl sites for hydroxylation is 2. The summed E-state index contributed by atoms with van der Waals surface area (Å²) in [5.41, 5.74) is 3.55. The van der Waals surface area contributed by atoms with E-state index in [2.05, 4.69) is 20.9 Å². The molecule has 13 nitrogen and oxygen atoms in total. The second-order valence-electron chi connectivity index (χ2n) is 11.0. The third-order valence-corrected chi connectivity index (χ3v) is 7.69. The average Bonchev–Trinajstić information content (AvgIpc) is 3.61. The zero-order chi connectivity index (χ0) is 32.7. The van der Waals surface area contributed by atoms with Crippen LogP contribution in [0.5, 0.6) is 5.75 Å². The normalized spacial score (nSPS) is 14.2. The Bertz CT molecular complexity index is 1720. The number of aromatic nitrogens is 3. The maximum Gasteiger partial charge on any atom is 0.272 e. The molecule has 0 saturated carbocycles. The van der Waals surface area contributed by atoms with Gasteiger partial charge in [0.2, 0.25) is 0 Å². The topological polar surface area (TPSA) is 152 Å². The average molecular weight is 628 g/mol. The maximum absolute atomic E-state index is 13.1. The van der Waals surface area contributed by atoms with Gasteiger partial charge in [0.05, 0.1) is 56.0 Å². The smallest absolute Gasteiger partial charge is 0.272 e. The van der Waals surface area contributed by atoms with Gasteiger partial charge in [0.15, 0.2) is 0 Å². The van der Waals surface area contributed by atoms with E-state index in [0.29, 0.717) is 60.3 Å². The summed E-state index contributed by atoms with van der Waals surface area (Å²) in [4.78, 5) is 43.1. The molecule has 0 atom stereocenters. The molecule has 3 N–H and O–H groups in total. The summed E-state index contributed by atoms with van der Waals surface area (Å²) < 4.78 is 13.2. The second-order valence-corrected chi connectivity index (χ2v) is 11.0. The van der Waals surface area contributed by atoms with Gasteiger partial charge in [0, 0.05) is 32.7 Å². The van der Waals surface area contributed by atoms with Crippen LogP contribution in [0.15, 0.2) is 67.1 Å². The van der Waals surface area contributed by atoms with E-state index in [1.54, 1.807) is 67.0 Å². The molecule has 1 fully saturated rings. The number of carbonyl (C=O) groups is 3. The Morgan fingerprint density at radius 3 is 2.15 bits per heavy atom. The number of hydroxylamine groups is 3. The van der Waals surface area contributed by atoms with Gasteiger partial charge in [-0.2, -0.15) is 0 Å². The zero-order valence-electron chi connectivity index (χ0n) is 26.0. The SMILES string of the molecule is COc1ccc(/C=C/c2ccc(C(=O)Nc3cc(C(=O)Nc4cc(C(=O)NCC[N+]5([O-])CCOCC5)n(C)c4)n(C)c3)cn2)cc1. The molecule has 1 aliphatic heterocycles. The van der Waals surface area contributed by atoms with Gasteiger partial charge < -0.3 is 44.4 Å². The highest BCUT2D eigenvalue weighted by Crippen LogP contribution is 2.19.